The minimum absolute atomic E-state index is 0.546. The lowest BCUT2D eigenvalue weighted by Crippen LogP contribution is -2.40. The topological polar surface area (TPSA) is 39.9 Å². The molecule has 0 aliphatic carbocycles. The molecule has 0 saturated carbocycles. The number of nitriles is 1. The van der Waals surface area contributed by atoms with Crippen LogP contribution in [0, 0.1) is 18.3 Å². The van der Waals surface area contributed by atoms with Gasteiger partial charge in [-0.1, -0.05) is 6.92 Å². The Morgan fingerprint density at radius 1 is 1.47 bits per heavy atom. The fraction of sp³-hybridized carbons (Fsp3) is 0.571. The molecule has 1 atom stereocenters. The normalized spacial score (nSPS) is 20.1. The van der Waals surface area contributed by atoms with Crippen LogP contribution in [-0.4, -0.2) is 17.6 Å². The Labute approximate surface area is 103 Å². The predicted octanol–water partition coefficient (Wildman–Crippen LogP) is 3.03. The number of aryl methyl sites for hydroxylation is 1. The van der Waals surface area contributed by atoms with E-state index in [2.05, 4.69) is 22.9 Å². The first-order chi connectivity index (χ1) is 8.26. The van der Waals surface area contributed by atoms with Gasteiger partial charge in [0.2, 0.25) is 0 Å². The van der Waals surface area contributed by atoms with Crippen LogP contribution in [0.25, 0.3) is 0 Å². The minimum Gasteiger partial charge on any atom is -0.353 e. The Hall–Kier alpha value is -1.56. The molecule has 1 saturated heterocycles. The van der Waals surface area contributed by atoms with E-state index in [1.165, 1.54) is 19.3 Å². The molecular weight excluding hydrogens is 210 g/mol. The summed E-state index contributed by atoms with van der Waals surface area (Å²) in [6, 6.07) is 6.60. The number of anilines is 1. The van der Waals surface area contributed by atoms with Gasteiger partial charge >= 0.3 is 0 Å². The second-order valence-electron chi connectivity index (χ2n) is 4.69. The molecule has 3 heteroatoms. The van der Waals surface area contributed by atoms with Crippen LogP contribution < -0.4 is 4.90 Å². The molecule has 2 rings (SSSR count). The predicted molar refractivity (Wildman–Crippen MR) is 69.0 cm³/mol. The maximum absolute atomic E-state index is 9.18. The number of aromatic nitrogens is 1. The van der Waals surface area contributed by atoms with Gasteiger partial charge in [-0.15, -0.1) is 0 Å². The highest BCUT2D eigenvalue weighted by Gasteiger charge is 2.24. The molecule has 1 aliphatic heterocycles. The van der Waals surface area contributed by atoms with Crippen molar-refractivity contribution in [2.45, 2.75) is 45.6 Å². The van der Waals surface area contributed by atoms with Gasteiger partial charge in [0, 0.05) is 18.3 Å². The standard InChI is InChI=1S/C14H19N3/c1-3-13-6-4-5-9-17(13)14-12(10-15)8-7-11(2)16-14/h7-8,13H,3-6,9H2,1-2H3. The van der Waals surface area contributed by atoms with Crippen molar-refractivity contribution in [3.05, 3.63) is 23.4 Å². The van der Waals surface area contributed by atoms with E-state index >= 15 is 0 Å². The van der Waals surface area contributed by atoms with Crippen molar-refractivity contribution >= 4 is 5.82 Å². The Kier molecular flexibility index (Phi) is 3.63. The lowest BCUT2D eigenvalue weighted by atomic mass is 9.99. The van der Waals surface area contributed by atoms with Crippen molar-refractivity contribution in [1.82, 2.24) is 4.98 Å². The molecular formula is C14H19N3. The van der Waals surface area contributed by atoms with Gasteiger partial charge in [0.15, 0.2) is 0 Å². The average molecular weight is 229 g/mol. The summed E-state index contributed by atoms with van der Waals surface area (Å²) < 4.78 is 0. The Morgan fingerprint density at radius 2 is 2.29 bits per heavy atom. The molecule has 1 aliphatic rings. The Morgan fingerprint density at radius 3 is 3.00 bits per heavy atom. The number of hydrogen-bond acceptors (Lipinski definition) is 3. The van der Waals surface area contributed by atoms with Crippen molar-refractivity contribution in [2.75, 3.05) is 11.4 Å². The summed E-state index contributed by atoms with van der Waals surface area (Å²) in [6.45, 7) is 5.23. The van der Waals surface area contributed by atoms with E-state index in [-0.39, 0.29) is 0 Å². The zero-order valence-electron chi connectivity index (χ0n) is 10.6. The molecule has 0 amide bonds. The van der Waals surface area contributed by atoms with Gasteiger partial charge in [-0.05, 0) is 44.7 Å². The SMILES string of the molecule is CCC1CCCCN1c1nc(C)ccc1C#N. The van der Waals surface area contributed by atoms with Crippen molar-refractivity contribution < 1.29 is 0 Å². The van der Waals surface area contributed by atoms with Gasteiger partial charge in [0.25, 0.3) is 0 Å². The van der Waals surface area contributed by atoms with Crippen LogP contribution in [0.2, 0.25) is 0 Å². The zero-order chi connectivity index (χ0) is 12.3. The summed E-state index contributed by atoms with van der Waals surface area (Å²) in [5, 5.41) is 9.18. The number of hydrogen-bond donors (Lipinski definition) is 0. The summed E-state index contributed by atoms with van der Waals surface area (Å²) in [7, 11) is 0. The van der Waals surface area contributed by atoms with Crippen LogP contribution in [0.15, 0.2) is 12.1 Å². The number of piperidine rings is 1. The van der Waals surface area contributed by atoms with Crippen molar-refractivity contribution in [2.24, 2.45) is 0 Å². The molecule has 0 aromatic carbocycles. The fourth-order valence-electron chi connectivity index (χ4n) is 2.55. The highest BCUT2D eigenvalue weighted by atomic mass is 15.2. The first kappa shape index (κ1) is 11.9. The maximum Gasteiger partial charge on any atom is 0.147 e. The number of nitrogens with zero attached hydrogens (tertiary/aromatic N) is 3. The minimum atomic E-state index is 0.546. The largest absolute Gasteiger partial charge is 0.353 e. The molecule has 90 valence electrons. The summed E-state index contributed by atoms with van der Waals surface area (Å²) in [5.74, 6) is 0.888. The molecule has 0 radical (unpaired) electrons. The van der Waals surface area contributed by atoms with Crippen molar-refractivity contribution in [1.29, 1.82) is 5.26 Å². The molecule has 0 spiro atoms. The van der Waals surface area contributed by atoms with Crippen LogP contribution in [0.3, 0.4) is 0 Å². The van der Waals surface area contributed by atoms with E-state index in [1.54, 1.807) is 0 Å². The lowest BCUT2D eigenvalue weighted by molar-refractivity contribution is 0.446. The van der Waals surface area contributed by atoms with Crippen LogP contribution in [0.5, 0.6) is 0 Å². The number of pyridine rings is 1. The number of rotatable bonds is 2. The molecule has 3 nitrogen and oxygen atoms in total. The smallest absolute Gasteiger partial charge is 0.147 e. The highest BCUT2D eigenvalue weighted by molar-refractivity contribution is 5.55. The average Bonchev–Trinajstić information content (AvgIpc) is 2.38. The van der Waals surface area contributed by atoms with E-state index < -0.39 is 0 Å². The Bertz CT molecular complexity index is 434. The molecule has 2 heterocycles. The lowest BCUT2D eigenvalue weighted by Gasteiger charge is -2.36. The molecule has 1 fully saturated rings. The van der Waals surface area contributed by atoms with E-state index in [4.69, 9.17) is 0 Å². The summed E-state index contributed by atoms with van der Waals surface area (Å²) in [6.07, 6.45) is 4.84. The highest BCUT2D eigenvalue weighted by Crippen LogP contribution is 2.27. The maximum atomic E-state index is 9.18. The zero-order valence-corrected chi connectivity index (χ0v) is 10.6. The van der Waals surface area contributed by atoms with Gasteiger partial charge in [0.1, 0.15) is 11.9 Å². The second-order valence-corrected chi connectivity index (χ2v) is 4.69. The third-order valence-corrected chi connectivity index (χ3v) is 3.51. The third-order valence-electron chi connectivity index (χ3n) is 3.51. The van der Waals surface area contributed by atoms with Crippen LogP contribution in [0.4, 0.5) is 5.82 Å². The molecule has 1 aromatic rings. The molecule has 1 aromatic heterocycles. The van der Waals surface area contributed by atoms with Gasteiger partial charge < -0.3 is 4.90 Å². The van der Waals surface area contributed by atoms with Gasteiger partial charge in [-0.3, -0.25) is 0 Å². The van der Waals surface area contributed by atoms with E-state index in [0.717, 1.165) is 24.5 Å². The molecule has 17 heavy (non-hydrogen) atoms. The van der Waals surface area contributed by atoms with E-state index in [9.17, 15) is 5.26 Å². The first-order valence-corrected chi connectivity index (χ1v) is 6.40. The molecule has 0 bridgehead atoms. The van der Waals surface area contributed by atoms with Gasteiger partial charge in [-0.2, -0.15) is 5.26 Å². The summed E-state index contributed by atoms with van der Waals surface area (Å²) in [5.41, 5.74) is 1.69. The van der Waals surface area contributed by atoms with Crippen molar-refractivity contribution in [3.8, 4) is 6.07 Å². The van der Waals surface area contributed by atoms with Gasteiger partial charge in [0.05, 0.1) is 5.56 Å². The monoisotopic (exact) mass is 229 g/mol. The summed E-state index contributed by atoms with van der Waals surface area (Å²) in [4.78, 5) is 6.90. The second kappa shape index (κ2) is 5.18. The van der Waals surface area contributed by atoms with Crippen molar-refractivity contribution in [3.63, 3.8) is 0 Å². The first-order valence-electron chi connectivity index (χ1n) is 6.40. The Balaban J connectivity index is 2.37. The quantitative estimate of drug-likeness (QED) is 0.782. The van der Waals surface area contributed by atoms with Gasteiger partial charge in [-0.25, -0.2) is 4.98 Å². The summed E-state index contributed by atoms with van der Waals surface area (Å²) >= 11 is 0. The molecule has 1 unspecified atom stereocenters. The van der Waals surface area contributed by atoms with Crippen LogP contribution >= 0.6 is 0 Å². The van der Waals surface area contributed by atoms with E-state index in [1.807, 2.05) is 19.1 Å². The fourth-order valence-corrected chi connectivity index (χ4v) is 2.55. The van der Waals surface area contributed by atoms with E-state index in [0.29, 0.717) is 11.6 Å². The van der Waals surface area contributed by atoms with Crippen LogP contribution in [0.1, 0.15) is 43.9 Å². The van der Waals surface area contributed by atoms with Crippen LogP contribution in [-0.2, 0) is 0 Å². The molecule has 0 N–H and O–H groups in total. The third kappa shape index (κ3) is 2.41.